The Bertz CT molecular complexity index is 1310. The highest BCUT2D eigenvalue weighted by atomic mass is 32.2. The molecule has 9 nitrogen and oxygen atoms in total. The van der Waals surface area contributed by atoms with Crippen molar-refractivity contribution < 1.29 is 17.7 Å². The van der Waals surface area contributed by atoms with Gasteiger partial charge in [0.25, 0.3) is 21.2 Å². The maximum atomic E-state index is 13.1. The standard InChI is InChI=1S/C23H35N5O4S4/c1-13(2)14-10-16(33-11-14)18(22(3,4)5)25-20-19(26-35(30)27-20)24-15-12-34-21(17(15)29)36(31,32)28(9)23(6,7)8/h10-13,18,29H,1-9H3,(H,24,26)(H,25,27)/t18-,35?/m0/s1. The number of anilines is 1. The molecule has 0 aromatic carbocycles. The Morgan fingerprint density at radius 1 is 1.06 bits per heavy atom. The molecular formula is C23H35N5O4S4. The molecule has 0 radical (unpaired) electrons. The van der Waals surface area contributed by atoms with Crippen molar-refractivity contribution in [3.05, 3.63) is 27.3 Å². The zero-order chi connectivity index (χ0) is 27.2. The van der Waals surface area contributed by atoms with E-state index in [4.69, 9.17) is 0 Å². The number of sulfonamides is 1. The lowest BCUT2D eigenvalue weighted by atomic mass is 9.85. The second kappa shape index (κ2) is 10.2. The smallest absolute Gasteiger partial charge is 0.269 e. The van der Waals surface area contributed by atoms with E-state index in [0.29, 0.717) is 5.92 Å². The monoisotopic (exact) mass is 573 g/mol. The molecule has 1 aliphatic heterocycles. The van der Waals surface area contributed by atoms with Crippen LogP contribution in [0.25, 0.3) is 0 Å². The summed E-state index contributed by atoms with van der Waals surface area (Å²) in [5, 5.41) is 20.7. The van der Waals surface area contributed by atoms with Gasteiger partial charge in [-0.2, -0.15) is 4.31 Å². The second-order valence-electron chi connectivity index (χ2n) is 11.0. The van der Waals surface area contributed by atoms with Crippen LogP contribution in [0.5, 0.6) is 5.75 Å². The summed E-state index contributed by atoms with van der Waals surface area (Å²) in [7, 11) is -2.45. The van der Waals surface area contributed by atoms with Crippen LogP contribution in [0, 0.1) is 5.41 Å². The molecule has 0 fully saturated rings. The van der Waals surface area contributed by atoms with Crippen LogP contribution < -0.4 is 10.6 Å². The van der Waals surface area contributed by atoms with Gasteiger partial charge in [-0.3, -0.25) is 0 Å². The van der Waals surface area contributed by atoms with Gasteiger partial charge in [-0.05, 0) is 49.1 Å². The van der Waals surface area contributed by atoms with Crippen molar-refractivity contribution in [1.82, 2.24) is 9.62 Å². The summed E-state index contributed by atoms with van der Waals surface area (Å²) in [5.74, 6) is 0.442. The first kappa shape index (κ1) is 28.8. The Morgan fingerprint density at radius 2 is 1.67 bits per heavy atom. The van der Waals surface area contributed by atoms with Crippen molar-refractivity contribution in [2.75, 3.05) is 12.4 Å². The lowest BCUT2D eigenvalue weighted by Gasteiger charge is -2.31. The predicted octanol–water partition coefficient (Wildman–Crippen LogP) is 5.24. The molecule has 200 valence electrons. The van der Waals surface area contributed by atoms with Crippen LogP contribution in [0.15, 0.2) is 29.8 Å². The summed E-state index contributed by atoms with van der Waals surface area (Å²) in [4.78, 5) is 1.11. The van der Waals surface area contributed by atoms with Gasteiger partial charge in [0, 0.05) is 22.8 Å². The third kappa shape index (κ3) is 6.01. The van der Waals surface area contributed by atoms with E-state index in [1.807, 2.05) is 0 Å². The summed E-state index contributed by atoms with van der Waals surface area (Å²) in [6.07, 6.45) is 0. The van der Waals surface area contributed by atoms with Gasteiger partial charge >= 0.3 is 0 Å². The number of amidine groups is 2. The minimum atomic E-state index is -3.93. The van der Waals surface area contributed by atoms with Crippen molar-refractivity contribution in [2.24, 2.45) is 14.2 Å². The molecule has 0 bridgehead atoms. The maximum Gasteiger partial charge on any atom is 0.269 e. The summed E-state index contributed by atoms with van der Waals surface area (Å²) < 4.78 is 47.6. The second-order valence-corrected chi connectivity index (χ2v) is 15.9. The minimum absolute atomic E-state index is 0.150. The molecule has 36 heavy (non-hydrogen) atoms. The van der Waals surface area contributed by atoms with E-state index in [2.05, 4.69) is 65.5 Å². The van der Waals surface area contributed by atoms with Gasteiger partial charge in [-0.25, -0.2) is 12.6 Å². The Kier molecular flexibility index (Phi) is 8.12. The predicted molar refractivity (Wildman–Crippen MR) is 151 cm³/mol. The van der Waals surface area contributed by atoms with Gasteiger partial charge in [0.2, 0.25) is 0 Å². The third-order valence-electron chi connectivity index (χ3n) is 5.83. The van der Waals surface area contributed by atoms with Crippen LogP contribution in [0.3, 0.4) is 0 Å². The van der Waals surface area contributed by atoms with Crippen LogP contribution >= 0.6 is 22.7 Å². The number of aromatic hydroxyl groups is 1. The zero-order valence-corrected chi connectivity index (χ0v) is 25.3. The van der Waals surface area contributed by atoms with Crippen molar-refractivity contribution >= 4 is 61.2 Å². The number of hydrogen-bond acceptors (Lipinski definition) is 8. The molecule has 2 aromatic rings. The lowest BCUT2D eigenvalue weighted by molar-refractivity contribution is 0.291. The fourth-order valence-electron chi connectivity index (χ4n) is 3.33. The largest absolute Gasteiger partial charge is 0.504 e. The number of nitrogens with one attached hydrogen (secondary N) is 2. The zero-order valence-electron chi connectivity index (χ0n) is 22.0. The van der Waals surface area contributed by atoms with Gasteiger partial charge < -0.3 is 15.7 Å². The first-order chi connectivity index (χ1) is 16.4. The average molecular weight is 574 g/mol. The van der Waals surface area contributed by atoms with Gasteiger partial charge in [-0.1, -0.05) is 34.6 Å². The van der Waals surface area contributed by atoms with Crippen molar-refractivity contribution in [1.29, 1.82) is 0 Å². The number of thiophene rings is 2. The quantitative estimate of drug-likeness (QED) is 0.435. The molecule has 3 rings (SSSR count). The first-order valence-electron chi connectivity index (χ1n) is 11.4. The van der Waals surface area contributed by atoms with Crippen molar-refractivity contribution in [2.45, 2.75) is 77.1 Å². The van der Waals surface area contributed by atoms with E-state index in [-0.39, 0.29) is 33.0 Å². The summed E-state index contributed by atoms with van der Waals surface area (Å²) in [5.41, 5.74) is 0.518. The van der Waals surface area contributed by atoms with Crippen LogP contribution in [-0.2, 0) is 21.2 Å². The fraction of sp³-hybridized carbons (Fsp3) is 0.565. The SMILES string of the molecule is CC(C)c1csc([C@H](NC2=NS(=O)N=C2Nc2csc(S(=O)(=O)N(C)C(C)(C)C)c2O)C(C)(C)C)c1. The van der Waals surface area contributed by atoms with E-state index >= 15 is 0 Å². The molecule has 2 aromatic heterocycles. The molecule has 3 N–H and O–H groups in total. The Hall–Kier alpha value is -1.80. The Labute approximate surface area is 224 Å². The molecular weight excluding hydrogens is 539 g/mol. The van der Waals surface area contributed by atoms with Crippen LogP contribution in [0.2, 0.25) is 0 Å². The number of rotatable bonds is 6. The lowest BCUT2D eigenvalue weighted by Crippen LogP contribution is -2.42. The molecule has 0 saturated carbocycles. The molecule has 1 unspecified atom stereocenters. The minimum Gasteiger partial charge on any atom is -0.504 e. The molecule has 0 saturated heterocycles. The fourth-order valence-corrected chi connectivity index (χ4v) is 8.23. The highest BCUT2D eigenvalue weighted by Gasteiger charge is 2.36. The molecule has 3 heterocycles. The molecule has 13 heteroatoms. The Morgan fingerprint density at radius 3 is 2.19 bits per heavy atom. The van der Waals surface area contributed by atoms with Gasteiger partial charge in [0.05, 0.1) is 11.7 Å². The van der Waals surface area contributed by atoms with E-state index in [0.717, 1.165) is 16.2 Å². The molecule has 2 atom stereocenters. The van der Waals surface area contributed by atoms with Crippen molar-refractivity contribution in [3.63, 3.8) is 0 Å². The van der Waals surface area contributed by atoms with Crippen LogP contribution in [-0.4, -0.2) is 46.3 Å². The number of hydrogen-bond donors (Lipinski definition) is 3. The van der Waals surface area contributed by atoms with Crippen molar-refractivity contribution in [3.8, 4) is 5.75 Å². The molecule has 1 aliphatic rings. The van der Waals surface area contributed by atoms with Gasteiger partial charge in [0.1, 0.15) is 0 Å². The number of nitrogens with zero attached hydrogens (tertiary/aromatic N) is 3. The van der Waals surface area contributed by atoms with E-state index < -0.39 is 32.5 Å². The highest BCUT2D eigenvalue weighted by molar-refractivity contribution is 7.91. The third-order valence-corrected chi connectivity index (χ3v) is 11.1. The normalized spacial score (nSPS) is 17.9. The van der Waals surface area contributed by atoms with Crippen LogP contribution in [0.4, 0.5) is 5.69 Å². The van der Waals surface area contributed by atoms with Gasteiger partial charge in [-0.15, -0.1) is 31.5 Å². The molecule has 0 aliphatic carbocycles. The molecule has 0 amide bonds. The Balaban J connectivity index is 1.89. The first-order valence-corrected chi connectivity index (χ1v) is 15.7. The average Bonchev–Trinajstić information content (AvgIpc) is 3.44. The van der Waals surface area contributed by atoms with Crippen LogP contribution in [0.1, 0.15) is 77.8 Å². The van der Waals surface area contributed by atoms with Gasteiger partial charge in [0.15, 0.2) is 21.6 Å². The summed E-state index contributed by atoms with van der Waals surface area (Å²) in [6.45, 7) is 15.9. The summed E-state index contributed by atoms with van der Waals surface area (Å²) >= 11 is 0.709. The maximum absolute atomic E-state index is 13.1. The van der Waals surface area contributed by atoms with E-state index in [9.17, 15) is 17.7 Å². The topological polar surface area (TPSA) is 123 Å². The van der Waals surface area contributed by atoms with E-state index in [1.165, 1.54) is 22.3 Å². The van der Waals surface area contributed by atoms with E-state index in [1.54, 1.807) is 32.1 Å². The highest BCUT2D eigenvalue weighted by Crippen LogP contribution is 2.41. The molecule has 0 spiro atoms. The summed E-state index contributed by atoms with van der Waals surface area (Å²) in [6, 6.07) is 2.02.